The average molecular weight is 566 g/mol. The molecule has 1 aromatic rings. The van der Waals surface area contributed by atoms with Crippen LogP contribution < -0.4 is 4.90 Å². The predicted octanol–water partition coefficient (Wildman–Crippen LogP) is 4.42. The Balaban J connectivity index is 1.44. The van der Waals surface area contributed by atoms with Crippen molar-refractivity contribution in [1.82, 2.24) is 19.6 Å². The van der Waals surface area contributed by atoms with Crippen molar-refractivity contribution in [2.24, 2.45) is 5.92 Å². The van der Waals surface area contributed by atoms with Crippen LogP contribution in [-0.4, -0.2) is 89.3 Å². The molecule has 3 saturated heterocycles. The lowest BCUT2D eigenvalue weighted by Crippen LogP contribution is -2.53. The van der Waals surface area contributed by atoms with Crippen LogP contribution in [-0.2, 0) is 9.47 Å². The van der Waals surface area contributed by atoms with Gasteiger partial charge in [0, 0.05) is 44.8 Å². The Morgan fingerprint density at radius 3 is 2.42 bits per heavy atom. The predicted molar refractivity (Wildman–Crippen MR) is 142 cm³/mol. The molecular formula is C26H41BrN6O3. The molecule has 0 N–H and O–H groups in total. The van der Waals surface area contributed by atoms with E-state index in [2.05, 4.69) is 45.6 Å². The van der Waals surface area contributed by atoms with E-state index in [4.69, 9.17) is 14.6 Å². The van der Waals surface area contributed by atoms with Gasteiger partial charge in [-0.2, -0.15) is 10.4 Å². The molecule has 3 aliphatic heterocycles. The minimum absolute atomic E-state index is 0.0658. The van der Waals surface area contributed by atoms with Crippen molar-refractivity contribution < 1.29 is 14.3 Å². The number of piperidine rings is 2. The first-order chi connectivity index (χ1) is 17.0. The monoisotopic (exact) mass is 564 g/mol. The number of nitrogens with zero attached hydrogens (tertiary/aromatic N) is 6. The zero-order valence-corrected chi connectivity index (χ0v) is 24.0. The second-order valence-corrected chi connectivity index (χ2v) is 12.8. The third kappa shape index (κ3) is 6.17. The summed E-state index contributed by atoms with van der Waals surface area (Å²) in [6.45, 7) is 17.2. The summed E-state index contributed by atoms with van der Waals surface area (Å²) in [7, 11) is 0. The minimum Gasteiger partial charge on any atom is -0.444 e. The minimum atomic E-state index is -0.508. The first-order valence-electron chi connectivity index (χ1n) is 13.2. The van der Waals surface area contributed by atoms with Crippen LogP contribution in [0.4, 0.5) is 10.6 Å². The zero-order chi connectivity index (χ0) is 26.1. The number of halogens is 1. The van der Waals surface area contributed by atoms with E-state index in [9.17, 15) is 10.1 Å². The lowest BCUT2D eigenvalue weighted by Gasteiger charge is -2.47. The summed E-state index contributed by atoms with van der Waals surface area (Å²) in [6, 6.07) is 2.45. The molecule has 0 aliphatic carbocycles. The van der Waals surface area contributed by atoms with E-state index in [1.807, 2.05) is 25.5 Å². The Morgan fingerprint density at radius 1 is 1.17 bits per heavy atom. The molecule has 0 unspecified atom stereocenters. The number of nitriles is 1. The van der Waals surface area contributed by atoms with E-state index >= 15 is 0 Å². The Kier molecular flexibility index (Phi) is 8.22. The fourth-order valence-corrected chi connectivity index (χ4v) is 6.35. The quantitative estimate of drug-likeness (QED) is 0.535. The summed E-state index contributed by atoms with van der Waals surface area (Å²) in [4.78, 5) is 19.1. The van der Waals surface area contributed by atoms with Crippen molar-refractivity contribution >= 4 is 27.8 Å². The molecule has 0 saturated carbocycles. The van der Waals surface area contributed by atoms with Crippen LogP contribution in [0.3, 0.4) is 0 Å². The molecule has 1 atom stereocenters. The molecule has 4 heterocycles. The first-order valence-corrected chi connectivity index (χ1v) is 14.0. The number of hydrogen-bond donors (Lipinski definition) is 0. The molecule has 36 heavy (non-hydrogen) atoms. The number of ether oxygens (including phenoxy) is 2. The average Bonchev–Trinajstić information content (AvgIpc) is 3.14. The molecule has 1 aromatic heterocycles. The first kappa shape index (κ1) is 27.2. The summed E-state index contributed by atoms with van der Waals surface area (Å²) < 4.78 is 13.7. The van der Waals surface area contributed by atoms with E-state index in [0.29, 0.717) is 24.7 Å². The number of rotatable bonds is 4. The standard InChI is InChI=1S/C26H41BrN6O3/c1-25(2,3)36-24(34)31-9-7-20(8-10-31)33-21(17-28)22(27)23(29-33)32-11-6-19(16-26(32,4)5)18-30-12-14-35-15-13-30/h19-20H,6-16,18H2,1-5H3/t19-/m1/s1. The van der Waals surface area contributed by atoms with Crippen molar-refractivity contribution in [1.29, 1.82) is 5.26 Å². The molecule has 0 spiro atoms. The Bertz CT molecular complexity index is 968. The van der Waals surface area contributed by atoms with E-state index < -0.39 is 5.60 Å². The number of likely N-dealkylation sites (tertiary alicyclic amines) is 1. The molecule has 1 amide bonds. The molecular weight excluding hydrogens is 524 g/mol. The number of hydrogen-bond acceptors (Lipinski definition) is 7. The van der Waals surface area contributed by atoms with Crippen molar-refractivity contribution in [2.45, 2.75) is 77.5 Å². The van der Waals surface area contributed by atoms with Crippen LogP contribution in [0.15, 0.2) is 4.47 Å². The van der Waals surface area contributed by atoms with Crippen LogP contribution in [0.25, 0.3) is 0 Å². The summed E-state index contributed by atoms with van der Waals surface area (Å²) in [5.41, 5.74) is -0.0116. The van der Waals surface area contributed by atoms with Crippen LogP contribution in [0.5, 0.6) is 0 Å². The smallest absolute Gasteiger partial charge is 0.410 e. The fraction of sp³-hybridized carbons (Fsp3) is 0.808. The molecule has 0 radical (unpaired) electrons. The zero-order valence-electron chi connectivity index (χ0n) is 22.4. The van der Waals surface area contributed by atoms with Crippen molar-refractivity contribution in [3.63, 3.8) is 0 Å². The number of amides is 1. The number of anilines is 1. The highest BCUT2D eigenvalue weighted by Crippen LogP contribution is 2.41. The van der Waals surface area contributed by atoms with Crippen LogP contribution >= 0.6 is 15.9 Å². The summed E-state index contributed by atoms with van der Waals surface area (Å²) in [5, 5.41) is 15.0. The second-order valence-electron chi connectivity index (χ2n) is 12.0. The van der Waals surface area contributed by atoms with Crippen LogP contribution in [0.1, 0.15) is 72.0 Å². The molecule has 3 fully saturated rings. The Morgan fingerprint density at radius 2 is 1.83 bits per heavy atom. The highest BCUT2D eigenvalue weighted by Gasteiger charge is 2.39. The van der Waals surface area contributed by atoms with Crippen LogP contribution in [0.2, 0.25) is 0 Å². The summed E-state index contributed by atoms with van der Waals surface area (Å²) in [5.74, 6) is 1.50. The molecule has 0 bridgehead atoms. The van der Waals surface area contributed by atoms with E-state index in [1.54, 1.807) is 4.90 Å². The molecule has 10 heteroatoms. The van der Waals surface area contributed by atoms with Crippen molar-refractivity contribution in [3.8, 4) is 6.07 Å². The van der Waals surface area contributed by atoms with E-state index in [1.165, 1.54) is 0 Å². The van der Waals surface area contributed by atoms with Gasteiger partial charge in [-0.15, -0.1) is 0 Å². The summed E-state index contributed by atoms with van der Waals surface area (Å²) >= 11 is 3.72. The van der Waals surface area contributed by atoms with E-state index in [-0.39, 0.29) is 17.7 Å². The van der Waals surface area contributed by atoms with Gasteiger partial charge in [0.05, 0.1) is 23.7 Å². The van der Waals surface area contributed by atoms with Gasteiger partial charge < -0.3 is 19.3 Å². The third-order valence-corrected chi connectivity index (χ3v) is 8.29. The molecule has 9 nitrogen and oxygen atoms in total. The third-order valence-electron chi connectivity index (χ3n) is 7.56. The van der Waals surface area contributed by atoms with Gasteiger partial charge in [-0.1, -0.05) is 0 Å². The molecule has 200 valence electrons. The Labute approximate surface area is 223 Å². The maximum atomic E-state index is 12.5. The maximum Gasteiger partial charge on any atom is 0.410 e. The van der Waals surface area contributed by atoms with Gasteiger partial charge in [0.25, 0.3) is 0 Å². The maximum absolute atomic E-state index is 12.5. The van der Waals surface area contributed by atoms with Crippen LogP contribution in [0, 0.1) is 17.2 Å². The van der Waals surface area contributed by atoms with Crippen molar-refractivity contribution in [2.75, 3.05) is 57.4 Å². The lowest BCUT2D eigenvalue weighted by atomic mass is 9.82. The number of morpholine rings is 1. The number of aromatic nitrogens is 2. The highest BCUT2D eigenvalue weighted by molar-refractivity contribution is 9.10. The number of carbonyl (C=O) groups is 1. The van der Waals surface area contributed by atoms with Gasteiger partial charge in [-0.3, -0.25) is 4.90 Å². The van der Waals surface area contributed by atoms with E-state index in [0.717, 1.165) is 75.4 Å². The van der Waals surface area contributed by atoms with Gasteiger partial charge in [0.2, 0.25) is 0 Å². The largest absolute Gasteiger partial charge is 0.444 e. The lowest BCUT2D eigenvalue weighted by molar-refractivity contribution is 0.0184. The van der Waals surface area contributed by atoms with Crippen molar-refractivity contribution in [3.05, 3.63) is 10.2 Å². The SMILES string of the molecule is CC(C)(C)OC(=O)N1CCC(n2nc(N3CC[C@@H](CN4CCOCC4)CC3(C)C)c(Br)c2C#N)CC1. The fourth-order valence-electron chi connectivity index (χ4n) is 5.79. The topological polar surface area (TPSA) is 86.9 Å². The highest BCUT2D eigenvalue weighted by atomic mass is 79.9. The summed E-state index contributed by atoms with van der Waals surface area (Å²) in [6.07, 6.45) is 3.40. The Hall–Kier alpha value is -1.83. The normalized spacial score (nSPS) is 24.0. The molecule has 0 aromatic carbocycles. The van der Waals surface area contributed by atoms with Gasteiger partial charge in [-0.25, -0.2) is 9.48 Å². The van der Waals surface area contributed by atoms with Gasteiger partial charge >= 0.3 is 6.09 Å². The van der Waals surface area contributed by atoms with Gasteiger partial charge in [-0.05, 0) is 82.1 Å². The number of carbonyl (C=O) groups excluding carboxylic acids is 1. The second kappa shape index (κ2) is 10.9. The molecule has 4 rings (SSSR count). The van der Waals surface area contributed by atoms with Gasteiger partial charge in [0.1, 0.15) is 11.7 Å². The van der Waals surface area contributed by atoms with Gasteiger partial charge in [0.15, 0.2) is 11.5 Å². The molecule has 3 aliphatic rings.